The van der Waals surface area contributed by atoms with Gasteiger partial charge in [-0.15, -0.1) is 0 Å². The van der Waals surface area contributed by atoms with Gasteiger partial charge in [0.05, 0.1) is 15.5 Å². The first-order valence-electron chi connectivity index (χ1n) is 6.80. The molecule has 0 aromatic heterocycles. The van der Waals surface area contributed by atoms with E-state index in [9.17, 15) is 16.8 Å². The van der Waals surface area contributed by atoms with Crippen molar-refractivity contribution in [2.24, 2.45) is 0 Å². The van der Waals surface area contributed by atoms with Gasteiger partial charge in [-0.05, 0) is 36.4 Å². The standard InChI is InChI=1S/C16H12N2O4S2/c1-23(19,20)13-8-6-12(7-9-13)18-11-14(10-17)24(21,22)16-5-3-2-4-15(16)18/h2-9,11H,1H3. The summed E-state index contributed by atoms with van der Waals surface area (Å²) in [5.41, 5.74) is 0.959. The maximum atomic E-state index is 12.4. The van der Waals surface area contributed by atoms with Gasteiger partial charge in [-0.25, -0.2) is 16.8 Å². The summed E-state index contributed by atoms with van der Waals surface area (Å²) in [6, 6.07) is 14.1. The summed E-state index contributed by atoms with van der Waals surface area (Å²) in [6.07, 6.45) is 2.35. The van der Waals surface area contributed by atoms with E-state index in [2.05, 4.69) is 0 Å². The largest absolute Gasteiger partial charge is 0.314 e. The zero-order valence-corrected chi connectivity index (χ0v) is 14.2. The van der Waals surface area contributed by atoms with Crippen LogP contribution < -0.4 is 4.90 Å². The molecule has 0 spiro atoms. The molecule has 6 nitrogen and oxygen atoms in total. The summed E-state index contributed by atoms with van der Waals surface area (Å²) in [5, 5.41) is 9.16. The molecule has 0 radical (unpaired) electrons. The second kappa shape index (κ2) is 5.47. The van der Waals surface area contributed by atoms with Crippen LogP contribution in [0.4, 0.5) is 11.4 Å². The lowest BCUT2D eigenvalue weighted by Crippen LogP contribution is -2.21. The number of nitriles is 1. The molecule has 0 aliphatic carbocycles. The maximum Gasteiger partial charge on any atom is 0.220 e. The van der Waals surface area contributed by atoms with Crippen LogP contribution in [0.2, 0.25) is 0 Å². The van der Waals surface area contributed by atoms with Crippen molar-refractivity contribution in [3.05, 3.63) is 59.6 Å². The van der Waals surface area contributed by atoms with E-state index in [0.29, 0.717) is 11.4 Å². The van der Waals surface area contributed by atoms with Crippen molar-refractivity contribution in [2.75, 3.05) is 11.2 Å². The molecule has 0 saturated heterocycles. The third kappa shape index (κ3) is 2.58. The highest BCUT2D eigenvalue weighted by Gasteiger charge is 2.31. The third-order valence-corrected chi connectivity index (χ3v) is 6.43. The second-order valence-corrected chi connectivity index (χ2v) is 9.11. The lowest BCUT2D eigenvalue weighted by Gasteiger charge is -2.27. The summed E-state index contributed by atoms with van der Waals surface area (Å²) in [7, 11) is -7.17. The number of nitrogens with zero attached hydrogens (tertiary/aromatic N) is 2. The average Bonchev–Trinajstić information content (AvgIpc) is 2.54. The van der Waals surface area contributed by atoms with Gasteiger partial charge < -0.3 is 4.90 Å². The predicted molar refractivity (Wildman–Crippen MR) is 89.0 cm³/mol. The van der Waals surface area contributed by atoms with Crippen molar-refractivity contribution >= 4 is 31.0 Å². The molecule has 2 aromatic rings. The quantitative estimate of drug-likeness (QED) is 0.816. The first-order chi connectivity index (χ1) is 11.2. The molecule has 0 atom stereocenters. The van der Waals surface area contributed by atoms with E-state index in [4.69, 9.17) is 5.26 Å². The SMILES string of the molecule is CS(=O)(=O)c1ccc(N2C=C(C#N)S(=O)(=O)c3ccccc32)cc1. The highest BCUT2D eigenvalue weighted by Crippen LogP contribution is 2.39. The molecule has 1 heterocycles. The van der Waals surface area contributed by atoms with Gasteiger partial charge in [0.15, 0.2) is 14.7 Å². The molecule has 1 aliphatic rings. The average molecular weight is 360 g/mol. The van der Waals surface area contributed by atoms with E-state index in [1.165, 1.54) is 24.4 Å². The van der Waals surface area contributed by atoms with Gasteiger partial charge in [0.25, 0.3) is 0 Å². The number of hydrogen-bond acceptors (Lipinski definition) is 6. The van der Waals surface area contributed by atoms with Crippen LogP contribution in [0.3, 0.4) is 0 Å². The smallest absolute Gasteiger partial charge is 0.220 e. The van der Waals surface area contributed by atoms with Gasteiger partial charge in [-0.3, -0.25) is 0 Å². The van der Waals surface area contributed by atoms with Crippen molar-refractivity contribution in [2.45, 2.75) is 9.79 Å². The molecule has 122 valence electrons. The molecule has 2 aromatic carbocycles. The number of benzene rings is 2. The number of anilines is 2. The first-order valence-corrected chi connectivity index (χ1v) is 10.2. The van der Waals surface area contributed by atoms with Crippen molar-refractivity contribution in [1.82, 2.24) is 0 Å². The molecule has 8 heteroatoms. The summed E-state index contributed by atoms with van der Waals surface area (Å²) in [6.45, 7) is 0. The van der Waals surface area contributed by atoms with E-state index in [-0.39, 0.29) is 14.7 Å². The molecule has 0 saturated carbocycles. The Bertz CT molecular complexity index is 1090. The Hall–Kier alpha value is -2.63. The summed E-state index contributed by atoms with van der Waals surface area (Å²) >= 11 is 0. The predicted octanol–water partition coefficient (Wildman–Crippen LogP) is 2.38. The Morgan fingerprint density at radius 2 is 1.67 bits per heavy atom. The van der Waals surface area contributed by atoms with Crippen molar-refractivity contribution in [3.8, 4) is 6.07 Å². The molecule has 0 fully saturated rings. The summed E-state index contributed by atoms with van der Waals surface area (Å²) in [5.74, 6) is 0. The molecule has 0 unspecified atom stereocenters. The number of sulfone groups is 2. The number of fused-ring (bicyclic) bond motifs is 1. The minimum absolute atomic E-state index is 0.0382. The molecule has 1 aliphatic heterocycles. The Balaban J connectivity index is 2.20. The first kappa shape index (κ1) is 16.2. The van der Waals surface area contributed by atoms with Crippen molar-refractivity contribution < 1.29 is 16.8 Å². The van der Waals surface area contributed by atoms with Crippen LogP contribution >= 0.6 is 0 Å². The van der Waals surface area contributed by atoms with Crippen molar-refractivity contribution in [1.29, 1.82) is 5.26 Å². The lowest BCUT2D eigenvalue weighted by molar-refractivity contribution is 0.600. The summed E-state index contributed by atoms with van der Waals surface area (Å²) < 4.78 is 47.9. The van der Waals surface area contributed by atoms with Crippen LogP contribution in [0.1, 0.15) is 0 Å². The molecule has 0 amide bonds. The number of rotatable bonds is 2. The fourth-order valence-electron chi connectivity index (χ4n) is 2.41. The maximum absolute atomic E-state index is 12.4. The Kier molecular flexibility index (Phi) is 3.70. The monoisotopic (exact) mass is 360 g/mol. The van der Waals surface area contributed by atoms with Crippen molar-refractivity contribution in [3.63, 3.8) is 0 Å². The van der Waals surface area contributed by atoms with Crippen LogP contribution in [0.5, 0.6) is 0 Å². The van der Waals surface area contributed by atoms with E-state index >= 15 is 0 Å². The van der Waals surface area contributed by atoms with E-state index in [0.717, 1.165) is 6.26 Å². The van der Waals surface area contributed by atoms with Crippen LogP contribution in [-0.4, -0.2) is 23.1 Å². The molecular weight excluding hydrogens is 348 g/mol. The van der Waals surface area contributed by atoms with E-state index in [1.807, 2.05) is 0 Å². The van der Waals surface area contributed by atoms with Crippen LogP contribution in [0.25, 0.3) is 0 Å². The number of para-hydroxylation sites is 1. The lowest BCUT2D eigenvalue weighted by atomic mass is 10.2. The Labute approximate surface area is 140 Å². The van der Waals surface area contributed by atoms with Gasteiger partial charge in [0, 0.05) is 18.1 Å². The second-order valence-electron chi connectivity index (χ2n) is 5.21. The fraction of sp³-hybridized carbons (Fsp3) is 0.0625. The van der Waals surface area contributed by atoms with Crippen LogP contribution in [0, 0.1) is 11.3 Å². The van der Waals surface area contributed by atoms with Crippen LogP contribution in [0.15, 0.2) is 69.4 Å². The van der Waals surface area contributed by atoms with Gasteiger partial charge in [0.1, 0.15) is 6.07 Å². The molecule has 0 bridgehead atoms. The Morgan fingerprint density at radius 3 is 2.25 bits per heavy atom. The molecular formula is C16H12N2O4S2. The zero-order valence-electron chi connectivity index (χ0n) is 12.5. The van der Waals surface area contributed by atoms with Gasteiger partial charge in [-0.2, -0.15) is 5.26 Å². The van der Waals surface area contributed by atoms with Gasteiger partial charge in [0.2, 0.25) is 9.84 Å². The molecule has 0 N–H and O–H groups in total. The van der Waals surface area contributed by atoms with Gasteiger partial charge in [-0.1, -0.05) is 12.1 Å². The topological polar surface area (TPSA) is 95.3 Å². The Morgan fingerprint density at radius 1 is 1.04 bits per heavy atom. The number of allylic oxidation sites excluding steroid dienone is 1. The van der Waals surface area contributed by atoms with Crippen LogP contribution in [-0.2, 0) is 19.7 Å². The number of hydrogen-bond donors (Lipinski definition) is 0. The van der Waals surface area contributed by atoms with E-state index < -0.39 is 19.7 Å². The van der Waals surface area contributed by atoms with Gasteiger partial charge >= 0.3 is 0 Å². The fourth-order valence-corrected chi connectivity index (χ4v) is 4.35. The molecule has 3 rings (SSSR count). The zero-order chi connectivity index (χ0) is 17.5. The third-order valence-electron chi connectivity index (χ3n) is 3.60. The minimum atomic E-state index is -3.84. The molecule has 24 heavy (non-hydrogen) atoms. The summed E-state index contributed by atoms with van der Waals surface area (Å²) in [4.78, 5) is 1.39. The highest BCUT2D eigenvalue weighted by atomic mass is 32.2. The highest BCUT2D eigenvalue weighted by molar-refractivity contribution is 7.95. The normalized spacial score (nSPS) is 16.0. The van der Waals surface area contributed by atoms with E-state index in [1.54, 1.807) is 41.3 Å². The minimum Gasteiger partial charge on any atom is -0.314 e.